The average Bonchev–Trinajstić information content (AvgIpc) is 2.14. The second kappa shape index (κ2) is 8.78. The van der Waals surface area contributed by atoms with Gasteiger partial charge in [0.25, 0.3) is 10.1 Å². The quantitative estimate of drug-likeness (QED) is 0.285. The highest BCUT2D eigenvalue weighted by Crippen LogP contribution is 1.91. The Hall–Kier alpha value is -0.250. The van der Waals surface area contributed by atoms with Gasteiger partial charge in [-0.1, -0.05) is 0 Å². The van der Waals surface area contributed by atoms with E-state index in [1.807, 2.05) is 0 Å². The van der Waals surface area contributed by atoms with Gasteiger partial charge in [-0.15, -0.1) is 0 Å². The third kappa shape index (κ3) is 13.7. The van der Waals surface area contributed by atoms with Gasteiger partial charge >= 0.3 is 0 Å². The highest BCUT2D eigenvalue weighted by Gasteiger charge is 2.06. The third-order valence-corrected chi connectivity index (χ3v) is 2.63. The first kappa shape index (κ1) is 16.8. The predicted molar refractivity (Wildman–Crippen MR) is 62.4 cm³/mol. The lowest BCUT2D eigenvalue weighted by molar-refractivity contribution is 0.0360. The van der Waals surface area contributed by atoms with Crippen molar-refractivity contribution in [2.45, 2.75) is 25.6 Å². The van der Waals surface area contributed by atoms with Gasteiger partial charge in [0.2, 0.25) is 0 Å². The average molecular weight is 271 g/mol. The lowest BCUT2D eigenvalue weighted by atomic mass is 10.3. The van der Waals surface area contributed by atoms with E-state index >= 15 is 0 Å². The fraction of sp³-hybridized carbons (Fsp3) is 1.00. The first-order valence-corrected chi connectivity index (χ1v) is 7.02. The van der Waals surface area contributed by atoms with E-state index in [0.29, 0.717) is 13.1 Å². The first-order chi connectivity index (χ1) is 7.81. The van der Waals surface area contributed by atoms with Gasteiger partial charge < -0.3 is 20.3 Å². The molecule has 8 heteroatoms. The van der Waals surface area contributed by atoms with E-state index in [0.717, 1.165) is 0 Å². The summed E-state index contributed by atoms with van der Waals surface area (Å²) in [6.07, 6.45) is -0.996. The van der Waals surface area contributed by atoms with Crippen LogP contribution in [-0.4, -0.2) is 67.4 Å². The molecule has 0 rings (SSSR count). The molecule has 0 amide bonds. The van der Waals surface area contributed by atoms with Crippen LogP contribution in [0.15, 0.2) is 0 Å². The van der Waals surface area contributed by atoms with Crippen LogP contribution in [0.4, 0.5) is 0 Å². The van der Waals surface area contributed by atoms with Crippen LogP contribution < -0.4 is 5.32 Å². The summed E-state index contributed by atoms with van der Waals surface area (Å²) in [5.41, 5.74) is 0. The van der Waals surface area contributed by atoms with Crippen LogP contribution in [0.25, 0.3) is 0 Å². The van der Waals surface area contributed by atoms with Crippen molar-refractivity contribution in [3.8, 4) is 0 Å². The second-order valence-electron chi connectivity index (χ2n) is 3.88. The zero-order valence-electron chi connectivity index (χ0n) is 9.87. The lowest BCUT2D eigenvalue weighted by Crippen LogP contribution is -2.34. The van der Waals surface area contributed by atoms with Crippen molar-refractivity contribution in [2.75, 3.05) is 32.1 Å². The van der Waals surface area contributed by atoms with Gasteiger partial charge in [-0.2, -0.15) is 8.42 Å². The first-order valence-electron chi connectivity index (χ1n) is 5.41. The van der Waals surface area contributed by atoms with Crippen molar-refractivity contribution < 1.29 is 27.9 Å². The van der Waals surface area contributed by atoms with E-state index in [1.54, 1.807) is 6.92 Å². The zero-order valence-corrected chi connectivity index (χ0v) is 10.7. The number of rotatable bonds is 10. The predicted octanol–water partition coefficient (Wildman–Crippen LogP) is -1.39. The van der Waals surface area contributed by atoms with Gasteiger partial charge in [-0.3, -0.25) is 4.55 Å². The largest absolute Gasteiger partial charge is 0.392 e. The molecule has 0 heterocycles. The van der Waals surface area contributed by atoms with Gasteiger partial charge in [0.15, 0.2) is 0 Å². The Morgan fingerprint density at radius 3 is 2.47 bits per heavy atom. The van der Waals surface area contributed by atoms with Gasteiger partial charge in [0.1, 0.15) is 0 Å². The SMILES string of the molecule is CC(O)CNCC(O)COCCCS(=O)(=O)O. The summed E-state index contributed by atoms with van der Waals surface area (Å²) >= 11 is 0. The van der Waals surface area contributed by atoms with Crippen molar-refractivity contribution in [1.29, 1.82) is 0 Å². The van der Waals surface area contributed by atoms with Gasteiger partial charge in [-0.25, -0.2) is 0 Å². The van der Waals surface area contributed by atoms with Gasteiger partial charge in [0.05, 0.1) is 24.6 Å². The molecule has 4 N–H and O–H groups in total. The minimum Gasteiger partial charge on any atom is -0.392 e. The molecule has 0 bridgehead atoms. The van der Waals surface area contributed by atoms with Crippen LogP contribution in [0.2, 0.25) is 0 Å². The Bertz CT molecular complexity index is 279. The summed E-state index contributed by atoms with van der Waals surface area (Å²) in [5.74, 6) is -0.344. The topological polar surface area (TPSA) is 116 Å². The molecule has 0 aromatic heterocycles. The lowest BCUT2D eigenvalue weighted by Gasteiger charge is -2.13. The zero-order chi connectivity index (χ0) is 13.3. The standard InChI is InChI=1S/C9H21NO6S/c1-8(11)5-10-6-9(12)7-16-3-2-4-17(13,14)15/h8-12H,2-7H2,1H3,(H,13,14,15). The Balaban J connectivity index is 3.36. The maximum Gasteiger partial charge on any atom is 0.264 e. The molecule has 0 aliphatic rings. The molecule has 0 aliphatic carbocycles. The van der Waals surface area contributed by atoms with E-state index < -0.39 is 22.3 Å². The molecule has 104 valence electrons. The molecule has 0 saturated heterocycles. The van der Waals surface area contributed by atoms with Crippen LogP contribution in [0.5, 0.6) is 0 Å². The van der Waals surface area contributed by atoms with Crippen molar-refractivity contribution >= 4 is 10.1 Å². The van der Waals surface area contributed by atoms with Crippen molar-refractivity contribution in [2.24, 2.45) is 0 Å². The Kier molecular flexibility index (Phi) is 8.66. The second-order valence-corrected chi connectivity index (χ2v) is 5.45. The molecule has 0 saturated carbocycles. The fourth-order valence-electron chi connectivity index (χ4n) is 1.08. The molecular formula is C9H21NO6S. The Morgan fingerprint density at radius 2 is 1.94 bits per heavy atom. The molecule has 0 radical (unpaired) electrons. The molecule has 0 aromatic carbocycles. The number of hydrogen-bond donors (Lipinski definition) is 4. The van der Waals surface area contributed by atoms with Crippen molar-refractivity contribution in [1.82, 2.24) is 5.32 Å². The number of hydrogen-bond acceptors (Lipinski definition) is 6. The van der Waals surface area contributed by atoms with Crippen LogP contribution in [0, 0.1) is 0 Å². The normalized spacial score (nSPS) is 15.8. The minimum atomic E-state index is -3.93. The van der Waals surface area contributed by atoms with E-state index in [4.69, 9.17) is 14.4 Å². The maximum absolute atomic E-state index is 10.4. The highest BCUT2D eigenvalue weighted by molar-refractivity contribution is 7.85. The molecule has 2 unspecified atom stereocenters. The number of nitrogens with one attached hydrogen (secondary N) is 1. The third-order valence-electron chi connectivity index (χ3n) is 1.82. The number of ether oxygens (including phenoxy) is 1. The monoisotopic (exact) mass is 271 g/mol. The summed E-state index contributed by atoms with van der Waals surface area (Å²) < 4.78 is 34.1. The van der Waals surface area contributed by atoms with E-state index in [1.165, 1.54) is 0 Å². The molecule has 0 aromatic rings. The van der Waals surface area contributed by atoms with Crippen LogP contribution in [0.1, 0.15) is 13.3 Å². The fourth-order valence-corrected chi connectivity index (χ4v) is 1.56. The maximum atomic E-state index is 10.4. The summed E-state index contributed by atoms with van der Waals surface area (Å²) in [7, 11) is -3.93. The molecule has 17 heavy (non-hydrogen) atoms. The number of aliphatic hydroxyl groups is 2. The minimum absolute atomic E-state index is 0.0816. The van der Waals surface area contributed by atoms with Crippen LogP contribution in [-0.2, 0) is 14.9 Å². The van der Waals surface area contributed by atoms with Gasteiger partial charge in [-0.05, 0) is 13.3 Å². The molecule has 7 nitrogen and oxygen atoms in total. The van der Waals surface area contributed by atoms with Crippen LogP contribution >= 0.6 is 0 Å². The molecule has 0 spiro atoms. The van der Waals surface area contributed by atoms with Crippen molar-refractivity contribution in [3.05, 3.63) is 0 Å². The summed E-state index contributed by atoms with van der Waals surface area (Å²) in [6, 6.07) is 0. The van der Waals surface area contributed by atoms with E-state index in [-0.39, 0.29) is 25.4 Å². The summed E-state index contributed by atoms with van der Waals surface area (Å²) in [5, 5.41) is 21.1. The summed E-state index contributed by atoms with van der Waals surface area (Å²) in [4.78, 5) is 0. The number of aliphatic hydroxyl groups excluding tert-OH is 2. The van der Waals surface area contributed by atoms with E-state index in [9.17, 15) is 13.5 Å². The Morgan fingerprint density at radius 1 is 1.29 bits per heavy atom. The highest BCUT2D eigenvalue weighted by atomic mass is 32.2. The van der Waals surface area contributed by atoms with Crippen molar-refractivity contribution in [3.63, 3.8) is 0 Å². The molecule has 0 fully saturated rings. The summed E-state index contributed by atoms with van der Waals surface area (Å²) in [6.45, 7) is 2.56. The van der Waals surface area contributed by atoms with E-state index in [2.05, 4.69) is 5.32 Å². The molecule has 2 atom stereocenters. The molecular weight excluding hydrogens is 250 g/mol. The smallest absolute Gasteiger partial charge is 0.264 e. The van der Waals surface area contributed by atoms with Crippen LogP contribution in [0.3, 0.4) is 0 Å². The van der Waals surface area contributed by atoms with Gasteiger partial charge in [0, 0.05) is 19.7 Å². The molecule has 0 aliphatic heterocycles. The Labute approximate surface area is 102 Å².